The number of carbonyl (C=O) groups is 1. The zero-order valence-corrected chi connectivity index (χ0v) is 17.4. The monoisotopic (exact) mass is 434 g/mol. The van der Waals surface area contributed by atoms with Gasteiger partial charge in [0.05, 0.1) is 27.0 Å². The Morgan fingerprint density at radius 3 is 2.04 bits per heavy atom. The van der Waals surface area contributed by atoms with E-state index in [1.165, 1.54) is 12.1 Å². The minimum atomic E-state index is -3.79. The van der Waals surface area contributed by atoms with Crippen LogP contribution in [-0.2, 0) is 14.8 Å². The molecule has 0 unspecified atom stereocenters. The van der Waals surface area contributed by atoms with E-state index >= 15 is 0 Å². The number of nitrogens with zero attached hydrogens (tertiary/aromatic N) is 1. The Morgan fingerprint density at radius 2 is 1.50 bits per heavy atom. The topological polar surface area (TPSA) is 66.5 Å². The Morgan fingerprint density at radius 1 is 0.962 bits per heavy atom. The Hall–Kier alpha value is -1.47. The minimum Gasteiger partial charge on any atom is -0.324 e. The molecule has 0 aliphatic rings. The lowest BCUT2D eigenvalue weighted by Gasteiger charge is -2.23. The summed E-state index contributed by atoms with van der Waals surface area (Å²) in [4.78, 5) is 12.4. The van der Waals surface area contributed by atoms with E-state index in [0.717, 1.165) is 21.7 Å². The van der Waals surface area contributed by atoms with E-state index in [2.05, 4.69) is 5.32 Å². The van der Waals surface area contributed by atoms with Crippen molar-refractivity contribution in [1.29, 1.82) is 0 Å². The third-order valence-electron chi connectivity index (χ3n) is 3.45. The van der Waals surface area contributed by atoms with Gasteiger partial charge < -0.3 is 5.32 Å². The van der Waals surface area contributed by atoms with Crippen molar-refractivity contribution < 1.29 is 13.2 Å². The van der Waals surface area contributed by atoms with Crippen LogP contribution in [0.1, 0.15) is 11.1 Å². The highest BCUT2D eigenvalue weighted by atomic mass is 35.5. The SMILES string of the molecule is Cc1cc(C)cc(NC(=O)CN(c2cc(Cl)c(Cl)cc2Cl)S(C)(=O)=O)c1. The van der Waals surface area contributed by atoms with Gasteiger partial charge in [0, 0.05) is 5.69 Å². The van der Waals surface area contributed by atoms with Crippen molar-refractivity contribution in [2.75, 3.05) is 22.4 Å². The molecule has 1 amide bonds. The predicted molar refractivity (Wildman–Crippen MR) is 108 cm³/mol. The number of nitrogens with one attached hydrogen (secondary N) is 1. The molecule has 140 valence electrons. The van der Waals surface area contributed by atoms with Gasteiger partial charge in [-0.1, -0.05) is 40.9 Å². The second-order valence-electron chi connectivity index (χ2n) is 5.91. The highest BCUT2D eigenvalue weighted by Gasteiger charge is 2.24. The van der Waals surface area contributed by atoms with Gasteiger partial charge in [-0.15, -0.1) is 0 Å². The molecular formula is C17H17Cl3N2O3S. The molecule has 1 N–H and O–H groups in total. The molecule has 0 bridgehead atoms. The molecule has 0 fully saturated rings. The molecule has 0 radical (unpaired) electrons. The summed E-state index contributed by atoms with van der Waals surface area (Å²) in [7, 11) is -3.79. The van der Waals surface area contributed by atoms with E-state index in [1.54, 1.807) is 12.1 Å². The summed E-state index contributed by atoms with van der Waals surface area (Å²) in [5.41, 5.74) is 2.63. The maximum Gasteiger partial charge on any atom is 0.245 e. The molecule has 5 nitrogen and oxygen atoms in total. The largest absolute Gasteiger partial charge is 0.324 e. The first kappa shape index (κ1) is 20.8. The van der Waals surface area contributed by atoms with Crippen LogP contribution in [0.2, 0.25) is 15.1 Å². The van der Waals surface area contributed by atoms with Gasteiger partial charge in [0.15, 0.2) is 0 Å². The lowest BCUT2D eigenvalue weighted by atomic mass is 10.1. The van der Waals surface area contributed by atoms with Crippen molar-refractivity contribution >= 4 is 62.1 Å². The van der Waals surface area contributed by atoms with E-state index in [0.29, 0.717) is 5.69 Å². The number of rotatable bonds is 5. The summed E-state index contributed by atoms with van der Waals surface area (Å²) in [6, 6.07) is 8.20. The average Bonchev–Trinajstić information content (AvgIpc) is 2.46. The summed E-state index contributed by atoms with van der Waals surface area (Å²) >= 11 is 18.0. The van der Waals surface area contributed by atoms with Crippen LogP contribution < -0.4 is 9.62 Å². The van der Waals surface area contributed by atoms with Gasteiger partial charge in [-0.3, -0.25) is 9.10 Å². The Bertz CT molecular complexity index is 942. The molecule has 2 aromatic rings. The van der Waals surface area contributed by atoms with Crippen LogP contribution in [0, 0.1) is 13.8 Å². The van der Waals surface area contributed by atoms with Gasteiger partial charge in [-0.05, 0) is 49.2 Å². The summed E-state index contributed by atoms with van der Waals surface area (Å²) in [5.74, 6) is -0.512. The molecule has 0 aliphatic carbocycles. The van der Waals surface area contributed by atoms with Gasteiger partial charge in [0.25, 0.3) is 0 Å². The zero-order valence-electron chi connectivity index (χ0n) is 14.3. The highest BCUT2D eigenvalue weighted by molar-refractivity contribution is 7.92. The van der Waals surface area contributed by atoms with Crippen molar-refractivity contribution in [3.8, 4) is 0 Å². The molecule has 26 heavy (non-hydrogen) atoms. The molecule has 0 aliphatic heterocycles. The van der Waals surface area contributed by atoms with Crippen LogP contribution in [0.4, 0.5) is 11.4 Å². The third kappa shape index (κ3) is 5.27. The number of carbonyl (C=O) groups excluding carboxylic acids is 1. The number of aryl methyl sites for hydroxylation is 2. The second-order valence-corrected chi connectivity index (χ2v) is 9.04. The van der Waals surface area contributed by atoms with Gasteiger partial charge in [0.2, 0.25) is 15.9 Å². The standard InChI is InChI=1S/C17H17Cl3N2O3S/c1-10-4-11(2)6-12(5-10)21-17(23)9-22(26(3,24)25)16-8-14(19)13(18)7-15(16)20/h4-8H,9H2,1-3H3,(H,21,23). The first-order valence-electron chi connectivity index (χ1n) is 7.48. The molecule has 0 saturated carbocycles. The maximum absolute atomic E-state index is 12.4. The van der Waals surface area contributed by atoms with E-state index in [1.807, 2.05) is 19.9 Å². The Labute approximate surface area is 167 Å². The highest BCUT2D eigenvalue weighted by Crippen LogP contribution is 2.35. The molecule has 2 aromatic carbocycles. The van der Waals surface area contributed by atoms with Crippen LogP contribution in [0.5, 0.6) is 0 Å². The van der Waals surface area contributed by atoms with E-state index in [9.17, 15) is 13.2 Å². The van der Waals surface area contributed by atoms with Crippen LogP contribution in [0.25, 0.3) is 0 Å². The number of benzene rings is 2. The van der Waals surface area contributed by atoms with Crippen LogP contribution >= 0.6 is 34.8 Å². The van der Waals surface area contributed by atoms with Gasteiger partial charge in [-0.25, -0.2) is 8.42 Å². The number of halogens is 3. The van der Waals surface area contributed by atoms with Crippen molar-refractivity contribution in [2.45, 2.75) is 13.8 Å². The number of hydrogen-bond donors (Lipinski definition) is 1. The van der Waals surface area contributed by atoms with E-state index in [-0.39, 0.29) is 20.8 Å². The third-order valence-corrected chi connectivity index (χ3v) is 5.60. The molecule has 0 saturated heterocycles. The number of sulfonamides is 1. The smallest absolute Gasteiger partial charge is 0.245 e. The first-order chi connectivity index (χ1) is 12.0. The molecule has 0 atom stereocenters. The molecule has 0 spiro atoms. The minimum absolute atomic E-state index is 0.0732. The van der Waals surface area contributed by atoms with E-state index in [4.69, 9.17) is 34.8 Å². The van der Waals surface area contributed by atoms with Crippen molar-refractivity contribution in [1.82, 2.24) is 0 Å². The van der Waals surface area contributed by atoms with Gasteiger partial charge in [0.1, 0.15) is 6.54 Å². The molecule has 2 rings (SSSR count). The summed E-state index contributed by atoms with van der Waals surface area (Å²) in [6.45, 7) is 3.35. The van der Waals surface area contributed by atoms with Crippen molar-refractivity contribution in [2.24, 2.45) is 0 Å². The summed E-state index contributed by atoms with van der Waals surface area (Å²) < 4.78 is 25.3. The summed E-state index contributed by atoms with van der Waals surface area (Å²) in [6.07, 6.45) is 0.982. The normalized spacial score (nSPS) is 11.3. The van der Waals surface area contributed by atoms with Gasteiger partial charge >= 0.3 is 0 Å². The quantitative estimate of drug-likeness (QED) is 0.694. The predicted octanol–water partition coefficient (Wildman–Crippen LogP) is 4.67. The van der Waals surface area contributed by atoms with Crippen LogP contribution in [-0.4, -0.2) is 27.1 Å². The molecular weight excluding hydrogens is 419 g/mol. The fraction of sp³-hybridized carbons (Fsp3) is 0.235. The van der Waals surface area contributed by atoms with Crippen LogP contribution in [0.3, 0.4) is 0 Å². The maximum atomic E-state index is 12.4. The fourth-order valence-corrected chi connectivity index (χ4v) is 4.02. The van der Waals surface area contributed by atoms with Crippen LogP contribution in [0.15, 0.2) is 30.3 Å². The number of anilines is 2. The average molecular weight is 436 g/mol. The molecule has 0 aromatic heterocycles. The lowest BCUT2D eigenvalue weighted by molar-refractivity contribution is -0.114. The second kappa shape index (κ2) is 8.05. The lowest BCUT2D eigenvalue weighted by Crippen LogP contribution is -2.37. The van der Waals surface area contributed by atoms with Crippen molar-refractivity contribution in [3.05, 3.63) is 56.5 Å². The van der Waals surface area contributed by atoms with Gasteiger partial charge in [-0.2, -0.15) is 0 Å². The first-order valence-corrected chi connectivity index (χ1v) is 10.5. The zero-order chi connectivity index (χ0) is 19.6. The molecule has 0 heterocycles. The fourth-order valence-electron chi connectivity index (χ4n) is 2.46. The number of amides is 1. The Kier molecular flexibility index (Phi) is 6.45. The van der Waals surface area contributed by atoms with Crippen molar-refractivity contribution in [3.63, 3.8) is 0 Å². The number of hydrogen-bond acceptors (Lipinski definition) is 3. The van der Waals surface area contributed by atoms with E-state index < -0.39 is 22.5 Å². The molecule has 9 heteroatoms. The Balaban J connectivity index is 2.32. The summed E-state index contributed by atoms with van der Waals surface area (Å²) in [5, 5.41) is 3.09.